The number of nitrogens with two attached hydrogens (primary N) is 2. The summed E-state index contributed by atoms with van der Waals surface area (Å²) in [4.78, 5) is 59.9. The number of hydrogen-bond donors (Lipinski definition) is 2. The molecule has 166 valence electrons. The van der Waals surface area contributed by atoms with Gasteiger partial charge in [0.1, 0.15) is 0 Å². The first-order chi connectivity index (χ1) is 14.7. The van der Waals surface area contributed by atoms with E-state index in [0.717, 1.165) is 0 Å². The lowest BCUT2D eigenvalue weighted by atomic mass is 9.94. The number of nitrogen functional groups attached to an aromatic ring is 2. The van der Waals surface area contributed by atoms with Gasteiger partial charge >= 0.3 is 22.7 Å². The van der Waals surface area contributed by atoms with E-state index in [2.05, 4.69) is 0 Å². The molecule has 20 nitrogen and oxygen atoms in total. The maximum absolute atomic E-state index is 11.6. The average molecular weight is 454 g/mol. The lowest BCUT2D eigenvalue weighted by Gasteiger charge is -2.10. The normalized spacial score (nSPS) is 10.4. The van der Waals surface area contributed by atoms with Crippen LogP contribution in [0.3, 0.4) is 0 Å². The van der Waals surface area contributed by atoms with Crippen molar-refractivity contribution < 1.29 is 29.5 Å². The molecule has 0 heterocycles. The molecule has 0 fully saturated rings. The number of hydrogen-bond acceptors (Lipinski definition) is 14. The van der Waals surface area contributed by atoms with Gasteiger partial charge in [-0.25, -0.2) is 0 Å². The van der Waals surface area contributed by atoms with Crippen LogP contribution in [0.1, 0.15) is 0 Å². The van der Waals surface area contributed by atoms with Gasteiger partial charge in [-0.05, 0) is 0 Å². The van der Waals surface area contributed by atoms with Crippen LogP contribution in [0.4, 0.5) is 45.5 Å². The highest BCUT2D eigenvalue weighted by Crippen LogP contribution is 2.54. The van der Waals surface area contributed by atoms with Crippen molar-refractivity contribution in [3.63, 3.8) is 0 Å². The molecule has 0 aliphatic carbocycles. The third-order valence-electron chi connectivity index (χ3n) is 4.00. The Labute approximate surface area is 171 Å². The molecule has 0 aliphatic rings. The minimum absolute atomic E-state index is 0.0999. The summed E-state index contributed by atoms with van der Waals surface area (Å²) in [6, 6.07) is 0.200. The Morgan fingerprint density at radius 2 is 0.719 bits per heavy atom. The molecule has 0 aliphatic heterocycles. The first-order valence-electron chi connectivity index (χ1n) is 7.51. The van der Waals surface area contributed by atoms with E-state index in [-0.39, 0.29) is 12.1 Å². The first-order valence-corrected chi connectivity index (χ1v) is 7.51. The van der Waals surface area contributed by atoms with Gasteiger partial charge in [0.25, 0.3) is 11.4 Å². The Balaban J connectivity index is 3.37. The minimum atomic E-state index is -1.65. The zero-order valence-electron chi connectivity index (χ0n) is 14.9. The van der Waals surface area contributed by atoms with Crippen molar-refractivity contribution in [1.82, 2.24) is 0 Å². The monoisotopic (exact) mass is 454 g/mol. The van der Waals surface area contributed by atoms with E-state index in [1.807, 2.05) is 0 Å². The van der Waals surface area contributed by atoms with E-state index in [4.69, 9.17) is 11.5 Å². The molecule has 32 heavy (non-hydrogen) atoms. The van der Waals surface area contributed by atoms with Crippen molar-refractivity contribution in [2.24, 2.45) is 0 Å². The van der Waals surface area contributed by atoms with Crippen LogP contribution in [0.5, 0.6) is 0 Å². The van der Waals surface area contributed by atoms with Crippen LogP contribution in [0.25, 0.3) is 11.1 Å². The number of nitro benzene ring substituents is 6. The fourth-order valence-electron chi connectivity index (χ4n) is 2.78. The number of nitrogens with zero attached hydrogens (tertiary/aromatic N) is 6. The van der Waals surface area contributed by atoms with Gasteiger partial charge in [-0.3, -0.25) is 60.7 Å². The van der Waals surface area contributed by atoms with Gasteiger partial charge in [0.05, 0.1) is 41.7 Å². The molecular formula is C12H6N8O12. The molecule has 2 rings (SSSR count). The number of anilines is 2. The molecule has 2 aromatic rings. The van der Waals surface area contributed by atoms with E-state index in [1.54, 1.807) is 0 Å². The Hall–Kier alpha value is -5.56. The Morgan fingerprint density at radius 1 is 0.469 bits per heavy atom. The highest BCUT2D eigenvalue weighted by atomic mass is 16.6. The predicted molar refractivity (Wildman–Crippen MR) is 101 cm³/mol. The summed E-state index contributed by atoms with van der Waals surface area (Å²) in [6.07, 6.45) is 0. The molecule has 0 amide bonds. The summed E-state index contributed by atoms with van der Waals surface area (Å²) >= 11 is 0. The summed E-state index contributed by atoms with van der Waals surface area (Å²) in [6.45, 7) is 0. The Kier molecular flexibility index (Phi) is 5.46. The summed E-state index contributed by atoms with van der Waals surface area (Å²) < 4.78 is 0. The number of nitro groups is 6. The molecule has 20 heteroatoms. The van der Waals surface area contributed by atoms with E-state index < -0.39 is 86.2 Å². The third kappa shape index (κ3) is 3.44. The number of rotatable bonds is 7. The molecule has 0 aromatic heterocycles. The summed E-state index contributed by atoms with van der Waals surface area (Å²) in [5.41, 5.74) is -3.89. The third-order valence-corrected chi connectivity index (χ3v) is 4.00. The second-order valence-electron chi connectivity index (χ2n) is 5.65. The van der Waals surface area contributed by atoms with Crippen LogP contribution in [-0.2, 0) is 0 Å². The van der Waals surface area contributed by atoms with Gasteiger partial charge in [0.15, 0.2) is 22.5 Å². The molecule has 0 saturated carbocycles. The molecule has 4 N–H and O–H groups in total. The van der Waals surface area contributed by atoms with Crippen molar-refractivity contribution in [3.8, 4) is 11.1 Å². The van der Waals surface area contributed by atoms with Crippen LogP contribution in [0.2, 0.25) is 0 Å². The van der Waals surface area contributed by atoms with E-state index in [1.165, 1.54) is 0 Å². The maximum Gasteiger partial charge on any atom is 0.314 e. The largest absolute Gasteiger partial charge is 0.387 e. The average Bonchev–Trinajstić information content (AvgIpc) is 2.65. The molecule has 0 unspecified atom stereocenters. The fraction of sp³-hybridized carbons (Fsp3) is 0. The molecule has 0 spiro atoms. The molecule has 2 aromatic carbocycles. The quantitative estimate of drug-likeness (QED) is 0.343. The van der Waals surface area contributed by atoms with Gasteiger partial charge in [0, 0.05) is 0 Å². The molecule has 0 bridgehead atoms. The standard InChI is InChI=1S/C12H6N8O12/c13-9-5(17(25)26)1-3(15(21)22)7(11(9)19(29)30)8-4(16(23)24)2-6(18(27)28)10(14)12(8)20(31)32/h1-2H,13-14H2. The van der Waals surface area contributed by atoms with E-state index in [9.17, 15) is 60.7 Å². The van der Waals surface area contributed by atoms with E-state index >= 15 is 0 Å². The SMILES string of the molecule is Nc1c([N+](=O)[O-])cc([N+](=O)[O-])c(-c2c([N+](=O)[O-])cc([N+](=O)[O-])c(N)c2[N+](=O)[O-])c1[N+](=O)[O-]. The minimum Gasteiger partial charge on any atom is -0.387 e. The van der Waals surface area contributed by atoms with Crippen molar-refractivity contribution in [1.29, 1.82) is 0 Å². The zero-order valence-corrected chi connectivity index (χ0v) is 14.9. The van der Waals surface area contributed by atoms with Gasteiger partial charge < -0.3 is 11.5 Å². The Morgan fingerprint density at radius 3 is 0.906 bits per heavy atom. The van der Waals surface area contributed by atoms with Crippen LogP contribution >= 0.6 is 0 Å². The summed E-state index contributed by atoms with van der Waals surface area (Å²) in [5, 5.41) is 68.4. The summed E-state index contributed by atoms with van der Waals surface area (Å²) in [7, 11) is 0. The van der Waals surface area contributed by atoms with Gasteiger partial charge in [-0.15, -0.1) is 0 Å². The van der Waals surface area contributed by atoms with Crippen LogP contribution < -0.4 is 11.5 Å². The second kappa shape index (κ2) is 7.69. The molecule has 0 radical (unpaired) electrons. The van der Waals surface area contributed by atoms with Crippen LogP contribution in [0.15, 0.2) is 12.1 Å². The predicted octanol–water partition coefficient (Wildman–Crippen LogP) is 1.97. The highest BCUT2D eigenvalue weighted by molar-refractivity contribution is 6.02. The van der Waals surface area contributed by atoms with Gasteiger partial charge in [0.2, 0.25) is 0 Å². The zero-order chi connectivity index (χ0) is 24.7. The fourth-order valence-corrected chi connectivity index (χ4v) is 2.78. The van der Waals surface area contributed by atoms with E-state index in [0.29, 0.717) is 0 Å². The Bertz CT molecular complexity index is 1170. The number of benzene rings is 2. The molecule has 0 atom stereocenters. The maximum atomic E-state index is 11.6. The van der Waals surface area contributed by atoms with Crippen LogP contribution in [-0.4, -0.2) is 29.5 Å². The molecular weight excluding hydrogens is 448 g/mol. The summed E-state index contributed by atoms with van der Waals surface area (Å²) in [5.74, 6) is 0. The van der Waals surface area contributed by atoms with Crippen molar-refractivity contribution in [2.75, 3.05) is 11.5 Å². The van der Waals surface area contributed by atoms with Crippen LogP contribution in [0, 0.1) is 60.7 Å². The van der Waals surface area contributed by atoms with Crippen molar-refractivity contribution in [3.05, 3.63) is 72.8 Å². The lowest BCUT2D eigenvalue weighted by Crippen LogP contribution is -2.10. The van der Waals surface area contributed by atoms with Crippen molar-refractivity contribution >= 4 is 45.5 Å². The topological polar surface area (TPSA) is 311 Å². The highest BCUT2D eigenvalue weighted by Gasteiger charge is 2.45. The second-order valence-corrected chi connectivity index (χ2v) is 5.65. The van der Waals surface area contributed by atoms with Gasteiger partial charge in [-0.1, -0.05) is 0 Å². The smallest absolute Gasteiger partial charge is 0.314 e. The van der Waals surface area contributed by atoms with Gasteiger partial charge in [-0.2, -0.15) is 0 Å². The lowest BCUT2D eigenvalue weighted by molar-refractivity contribution is -0.404. The first kappa shape index (κ1) is 22.7. The molecule has 0 saturated heterocycles. The van der Waals surface area contributed by atoms with Crippen molar-refractivity contribution in [2.45, 2.75) is 0 Å².